The Hall–Kier alpha value is -3.21. The zero-order chi connectivity index (χ0) is 41.4. The van der Waals surface area contributed by atoms with Gasteiger partial charge in [0.25, 0.3) is 0 Å². The van der Waals surface area contributed by atoms with Crippen molar-refractivity contribution in [2.75, 3.05) is 6.61 Å². The molecule has 0 aromatic rings. The molecule has 2 atom stereocenters. The lowest BCUT2D eigenvalue weighted by molar-refractivity contribution is -0.123. The van der Waals surface area contributed by atoms with Crippen molar-refractivity contribution in [3.8, 4) is 0 Å². The predicted molar refractivity (Wildman–Crippen MR) is 252 cm³/mol. The summed E-state index contributed by atoms with van der Waals surface area (Å²) in [6.45, 7) is 4.15. The minimum absolute atomic E-state index is 0.0838. The lowest BCUT2D eigenvalue weighted by Crippen LogP contribution is -2.45. The summed E-state index contributed by atoms with van der Waals surface area (Å²) in [5, 5.41) is 22.9. The Labute approximate surface area is 352 Å². The summed E-state index contributed by atoms with van der Waals surface area (Å²) in [4.78, 5) is 12.4. The highest BCUT2D eigenvalue weighted by molar-refractivity contribution is 5.76. The molecule has 0 bridgehead atoms. The molecule has 3 N–H and O–H groups in total. The third-order valence-electron chi connectivity index (χ3n) is 9.70. The van der Waals surface area contributed by atoms with Crippen molar-refractivity contribution >= 4 is 5.91 Å². The first kappa shape index (κ1) is 53.8. The maximum atomic E-state index is 12.4. The van der Waals surface area contributed by atoms with Gasteiger partial charge in [-0.15, -0.1) is 0 Å². The summed E-state index contributed by atoms with van der Waals surface area (Å²) < 4.78 is 0. The van der Waals surface area contributed by atoms with Crippen molar-refractivity contribution < 1.29 is 15.0 Å². The lowest BCUT2D eigenvalue weighted by Gasteiger charge is -2.20. The Morgan fingerprint density at radius 2 is 0.772 bits per heavy atom. The zero-order valence-electron chi connectivity index (χ0n) is 36.8. The first-order valence-corrected chi connectivity index (χ1v) is 23.2. The highest BCUT2D eigenvalue weighted by Gasteiger charge is 2.17. The molecule has 0 aromatic carbocycles. The van der Waals surface area contributed by atoms with E-state index >= 15 is 0 Å². The topological polar surface area (TPSA) is 69.6 Å². The summed E-state index contributed by atoms with van der Waals surface area (Å²) in [6, 6.07) is -0.635. The monoisotopic (exact) mass is 786 g/mol. The number of nitrogens with one attached hydrogen (secondary N) is 1. The maximum absolute atomic E-state index is 12.4. The highest BCUT2D eigenvalue weighted by atomic mass is 16.3. The molecule has 4 heteroatoms. The number of allylic oxidation sites excluding steroid dienone is 19. The van der Waals surface area contributed by atoms with Gasteiger partial charge in [0.1, 0.15) is 0 Å². The number of rotatable bonds is 40. The Morgan fingerprint density at radius 3 is 1.16 bits per heavy atom. The standard InChI is InChI=1S/C53H87NO3/c1-3-5-7-9-11-13-15-16-17-18-19-20-21-22-23-24-25-26-27-28-29-30-31-32-33-34-35-36-37-38-39-41-43-45-47-49-53(57)54-51(50-55)52(56)48-46-44-42-40-14-12-10-8-6-4-2/h5,7,11,13,16-17,19-20,22-23,25-26,28-29,31-32,34-35,46,48,51-52,55-56H,3-4,6,8-10,12,14-15,18,21,24,27,30,33,36-45,47,49-50H2,1-2H3,(H,54,57)/b7-5-,13-11-,17-16-,20-19-,23-22-,26-25-,29-28-,32-31-,35-34-,48-46+. The van der Waals surface area contributed by atoms with E-state index in [0.717, 1.165) is 96.3 Å². The smallest absolute Gasteiger partial charge is 0.220 e. The Kier molecular flexibility index (Phi) is 44.5. The normalized spacial score (nSPS) is 14.1. The molecule has 322 valence electrons. The van der Waals surface area contributed by atoms with Gasteiger partial charge in [-0.05, 0) is 89.9 Å². The molecule has 0 heterocycles. The van der Waals surface area contributed by atoms with Crippen LogP contribution in [0.25, 0.3) is 0 Å². The molecular weight excluding hydrogens is 699 g/mol. The number of carbonyl (C=O) groups is 1. The second-order valence-electron chi connectivity index (χ2n) is 15.1. The zero-order valence-corrected chi connectivity index (χ0v) is 36.8. The van der Waals surface area contributed by atoms with Crippen molar-refractivity contribution in [2.45, 2.75) is 199 Å². The average molecular weight is 786 g/mol. The summed E-state index contributed by atoms with van der Waals surface area (Å²) in [5.41, 5.74) is 0. The molecule has 0 radical (unpaired) electrons. The predicted octanol–water partition coefficient (Wildman–Crippen LogP) is 15.0. The van der Waals surface area contributed by atoms with E-state index in [-0.39, 0.29) is 12.5 Å². The van der Waals surface area contributed by atoms with Crippen molar-refractivity contribution in [1.82, 2.24) is 5.32 Å². The molecule has 0 aliphatic heterocycles. The van der Waals surface area contributed by atoms with Crippen LogP contribution < -0.4 is 5.32 Å². The Bertz CT molecular complexity index is 1160. The quantitative estimate of drug-likeness (QED) is 0.0428. The van der Waals surface area contributed by atoms with Crippen LogP contribution in [0.1, 0.15) is 187 Å². The first-order valence-electron chi connectivity index (χ1n) is 23.2. The van der Waals surface area contributed by atoms with E-state index in [1.807, 2.05) is 6.08 Å². The average Bonchev–Trinajstić information content (AvgIpc) is 3.22. The van der Waals surface area contributed by atoms with Crippen molar-refractivity contribution in [1.29, 1.82) is 0 Å². The van der Waals surface area contributed by atoms with Crippen LogP contribution in [0.5, 0.6) is 0 Å². The second-order valence-corrected chi connectivity index (χ2v) is 15.1. The van der Waals surface area contributed by atoms with Gasteiger partial charge in [-0.3, -0.25) is 4.79 Å². The van der Waals surface area contributed by atoms with Crippen molar-refractivity contribution in [2.24, 2.45) is 0 Å². The molecule has 0 fully saturated rings. The van der Waals surface area contributed by atoms with E-state index in [1.165, 1.54) is 70.6 Å². The third kappa shape index (κ3) is 43.8. The molecule has 2 unspecified atom stereocenters. The van der Waals surface area contributed by atoms with Gasteiger partial charge in [-0.1, -0.05) is 212 Å². The van der Waals surface area contributed by atoms with E-state index in [9.17, 15) is 15.0 Å². The van der Waals surface area contributed by atoms with E-state index < -0.39 is 12.1 Å². The van der Waals surface area contributed by atoms with Gasteiger partial charge in [0.2, 0.25) is 5.91 Å². The van der Waals surface area contributed by atoms with Crippen LogP contribution in [0.4, 0.5) is 0 Å². The van der Waals surface area contributed by atoms with Crippen LogP contribution in [0.15, 0.2) is 122 Å². The number of carbonyl (C=O) groups excluding carboxylic acids is 1. The highest BCUT2D eigenvalue weighted by Crippen LogP contribution is 2.12. The molecule has 0 aromatic heterocycles. The molecule has 1 amide bonds. The molecule has 0 aliphatic rings. The fourth-order valence-electron chi connectivity index (χ4n) is 6.17. The van der Waals surface area contributed by atoms with Crippen LogP contribution in [0.2, 0.25) is 0 Å². The van der Waals surface area contributed by atoms with E-state index in [2.05, 4.69) is 129 Å². The summed E-state index contributed by atoms with van der Waals surface area (Å²) in [5.74, 6) is -0.0838. The van der Waals surface area contributed by atoms with Crippen LogP contribution >= 0.6 is 0 Å². The summed E-state index contributed by atoms with van der Waals surface area (Å²) >= 11 is 0. The first-order chi connectivity index (χ1) is 28.2. The lowest BCUT2D eigenvalue weighted by atomic mass is 10.1. The molecule has 0 spiro atoms. The molecule has 0 aliphatic carbocycles. The largest absolute Gasteiger partial charge is 0.394 e. The van der Waals surface area contributed by atoms with Gasteiger partial charge in [0.05, 0.1) is 18.8 Å². The van der Waals surface area contributed by atoms with Gasteiger partial charge in [0, 0.05) is 6.42 Å². The fraction of sp³-hybridized carbons (Fsp3) is 0.604. The number of unbranched alkanes of at least 4 members (excludes halogenated alkanes) is 15. The van der Waals surface area contributed by atoms with Crippen LogP contribution in [0, 0.1) is 0 Å². The molecular formula is C53H87NO3. The summed E-state index contributed by atoms with van der Waals surface area (Å²) in [6.07, 6.45) is 73.1. The van der Waals surface area contributed by atoms with Crippen LogP contribution in [-0.4, -0.2) is 34.9 Å². The van der Waals surface area contributed by atoms with Crippen molar-refractivity contribution in [3.05, 3.63) is 122 Å². The third-order valence-corrected chi connectivity index (χ3v) is 9.70. The van der Waals surface area contributed by atoms with Gasteiger partial charge < -0.3 is 15.5 Å². The van der Waals surface area contributed by atoms with E-state index in [1.54, 1.807) is 6.08 Å². The number of hydrogen-bond donors (Lipinski definition) is 3. The Balaban J connectivity index is 3.66. The SMILES string of the molecule is CC/C=C\C/C=C\C/C=C\C/C=C\C/C=C\C/C=C\C/C=C\C/C=C\C/C=C\CCCCCCCCCC(=O)NC(CO)C(O)/C=C/CCCCCCCCCC. The van der Waals surface area contributed by atoms with E-state index in [4.69, 9.17) is 0 Å². The van der Waals surface area contributed by atoms with Gasteiger partial charge in [-0.25, -0.2) is 0 Å². The summed E-state index contributed by atoms with van der Waals surface area (Å²) in [7, 11) is 0. The molecule has 0 saturated carbocycles. The number of hydrogen-bond acceptors (Lipinski definition) is 3. The minimum Gasteiger partial charge on any atom is -0.394 e. The molecule has 4 nitrogen and oxygen atoms in total. The number of aliphatic hydroxyl groups is 2. The maximum Gasteiger partial charge on any atom is 0.220 e. The minimum atomic E-state index is -0.850. The van der Waals surface area contributed by atoms with Crippen molar-refractivity contribution in [3.63, 3.8) is 0 Å². The Morgan fingerprint density at radius 1 is 0.439 bits per heavy atom. The fourth-order valence-corrected chi connectivity index (χ4v) is 6.17. The number of amides is 1. The second kappa shape index (κ2) is 47.2. The van der Waals surface area contributed by atoms with Gasteiger partial charge in [0.15, 0.2) is 0 Å². The van der Waals surface area contributed by atoms with E-state index in [0.29, 0.717) is 6.42 Å². The van der Waals surface area contributed by atoms with Crippen LogP contribution in [0.3, 0.4) is 0 Å². The number of aliphatic hydroxyl groups excluding tert-OH is 2. The van der Waals surface area contributed by atoms with Gasteiger partial charge >= 0.3 is 0 Å². The van der Waals surface area contributed by atoms with Gasteiger partial charge in [-0.2, -0.15) is 0 Å². The molecule has 0 saturated heterocycles. The van der Waals surface area contributed by atoms with Crippen LogP contribution in [-0.2, 0) is 4.79 Å². The molecule has 57 heavy (non-hydrogen) atoms. The molecule has 0 rings (SSSR count).